The minimum atomic E-state index is -5.58. The lowest BCUT2D eigenvalue weighted by molar-refractivity contribution is -0.284. The molecule has 0 amide bonds. The van der Waals surface area contributed by atoms with Crippen LogP contribution in [0.4, 0.5) is 22.0 Å². The number of phenolic OH excluding ortho intramolecular Hbond substituents is 2. The number of benzene rings is 2. The van der Waals surface area contributed by atoms with Gasteiger partial charge in [-0.2, -0.15) is 22.0 Å². The van der Waals surface area contributed by atoms with Crippen molar-refractivity contribution in [2.75, 3.05) is 6.61 Å². The van der Waals surface area contributed by atoms with Gasteiger partial charge >= 0.3 is 18.1 Å². The fraction of sp³-hybridized carbons (Fsp3) is 0.594. The molecule has 0 radical (unpaired) electrons. The van der Waals surface area contributed by atoms with E-state index in [0.29, 0.717) is 25.2 Å². The molecule has 0 saturated heterocycles. The van der Waals surface area contributed by atoms with Gasteiger partial charge in [0.2, 0.25) is 0 Å². The SMILES string of the molecule is CC1(c2ccc(O)cc2)COc2cc(O)ccc2C1CCCCCCCCC(CCCCC(F)(F)C(F)(F)F)C(=O)O. The van der Waals surface area contributed by atoms with E-state index in [1.54, 1.807) is 24.3 Å². The number of hydrogen-bond acceptors (Lipinski definition) is 4. The molecule has 1 aliphatic rings. The number of hydrogen-bond donors (Lipinski definition) is 3. The average molecular weight is 601 g/mol. The molecule has 1 heterocycles. The van der Waals surface area contributed by atoms with Crippen molar-refractivity contribution in [3.05, 3.63) is 53.6 Å². The number of phenols is 2. The number of alkyl halides is 5. The van der Waals surface area contributed by atoms with Gasteiger partial charge in [-0.15, -0.1) is 0 Å². The van der Waals surface area contributed by atoms with Crippen LogP contribution in [0.1, 0.15) is 101 Å². The van der Waals surface area contributed by atoms with Crippen LogP contribution in [0.5, 0.6) is 17.2 Å². The molecule has 1 aliphatic heterocycles. The summed E-state index contributed by atoms with van der Waals surface area (Å²) < 4.78 is 69.0. The standard InChI is InChI=1S/C32H41F5O5/c1-30(23-13-15-24(38)16-14-23)21-42-28-20-25(39)17-18-26(28)27(30)12-7-5-3-2-4-6-10-22(29(40)41)11-8-9-19-31(33,34)32(35,36)37/h13-18,20,22,27,38-39H,2-12,19,21H2,1H3,(H,40,41). The van der Waals surface area contributed by atoms with Crippen molar-refractivity contribution in [3.63, 3.8) is 0 Å². The number of carboxylic acids is 1. The Labute approximate surface area is 243 Å². The Kier molecular flexibility index (Phi) is 11.5. The molecule has 3 unspecified atom stereocenters. The third kappa shape index (κ3) is 8.74. The van der Waals surface area contributed by atoms with Crippen molar-refractivity contribution in [1.82, 2.24) is 0 Å². The number of unbranched alkanes of at least 4 members (excludes halogenated alkanes) is 6. The zero-order valence-electron chi connectivity index (χ0n) is 23.9. The highest BCUT2D eigenvalue weighted by atomic mass is 19.4. The van der Waals surface area contributed by atoms with Gasteiger partial charge in [0.1, 0.15) is 17.2 Å². The minimum absolute atomic E-state index is 0.0145. The summed E-state index contributed by atoms with van der Waals surface area (Å²) in [5, 5.41) is 29.1. The van der Waals surface area contributed by atoms with Gasteiger partial charge in [0.05, 0.1) is 12.5 Å². The van der Waals surface area contributed by atoms with E-state index >= 15 is 0 Å². The molecule has 0 saturated carbocycles. The third-order valence-corrected chi connectivity index (χ3v) is 8.55. The number of aliphatic carboxylic acids is 1. The first kappa shape index (κ1) is 33.5. The molecule has 5 nitrogen and oxygen atoms in total. The summed E-state index contributed by atoms with van der Waals surface area (Å²) in [5.74, 6) is -5.37. The maximum atomic E-state index is 13.0. The molecule has 3 rings (SSSR count). The summed E-state index contributed by atoms with van der Waals surface area (Å²) in [6.45, 7) is 2.59. The minimum Gasteiger partial charge on any atom is -0.508 e. The molecule has 0 fully saturated rings. The van der Waals surface area contributed by atoms with E-state index in [1.807, 2.05) is 18.2 Å². The lowest BCUT2D eigenvalue weighted by Crippen LogP contribution is -2.40. The van der Waals surface area contributed by atoms with Crippen LogP contribution in [0.25, 0.3) is 0 Å². The average Bonchev–Trinajstić information content (AvgIpc) is 2.91. The van der Waals surface area contributed by atoms with Crippen LogP contribution in [-0.4, -0.2) is 40.0 Å². The number of halogens is 5. The van der Waals surface area contributed by atoms with Gasteiger partial charge in [-0.25, -0.2) is 0 Å². The molecular formula is C32H41F5O5. The lowest BCUT2D eigenvalue weighted by Gasteiger charge is -2.43. The summed E-state index contributed by atoms with van der Waals surface area (Å²) in [6, 6.07) is 12.4. The van der Waals surface area contributed by atoms with Crippen LogP contribution in [0.3, 0.4) is 0 Å². The first-order chi connectivity index (χ1) is 19.7. The number of fused-ring (bicyclic) bond motifs is 1. The van der Waals surface area contributed by atoms with Crippen molar-refractivity contribution >= 4 is 5.97 Å². The molecule has 2 aromatic carbocycles. The third-order valence-electron chi connectivity index (χ3n) is 8.55. The Morgan fingerprint density at radius 2 is 1.45 bits per heavy atom. The number of aromatic hydroxyl groups is 2. The van der Waals surface area contributed by atoms with Crippen molar-refractivity contribution in [3.8, 4) is 17.2 Å². The summed E-state index contributed by atoms with van der Waals surface area (Å²) in [7, 11) is 0. The molecular weight excluding hydrogens is 559 g/mol. The van der Waals surface area contributed by atoms with Crippen molar-refractivity contribution in [2.45, 2.75) is 107 Å². The second-order valence-corrected chi connectivity index (χ2v) is 11.7. The molecule has 3 atom stereocenters. The first-order valence-corrected chi connectivity index (χ1v) is 14.7. The Morgan fingerprint density at radius 1 is 0.881 bits per heavy atom. The normalized spacial score (nSPS) is 19.6. The number of carboxylic acid groups (broad SMARTS) is 1. The van der Waals surface area contributed by atoms with Gasteiger partial charge in [-0.05, 0) is 55.0 Å². The van der Waals surface area contributed by atoms with Crippen LogP contribution in [0.2, 0.25) is 0 Å². The van der Waals surface area contributed by atoms with Gasteiger partial charge in [0.25, 0.3) is 0 Å². The van der Waals surface area contributed by atoms with Crippen LogP contribution >= 0.6 is 0 Å². The smallest absolute Gasteiger partial charge is 0.453 e. The molecule has 0 bridgehead atoms. The van der Waals surface area contributed by atoms with Crippen LogP contribution < -0.4 is 4.74 Å². The largest absolute Gasteiger partial charge is 0.508 e. The second kappa shape index (κ2) is 14.4. The van der Waals surface area contributed by atoms with Gasteiger partial charge in [-0.1, -0.05) is 70.1 Å². The van der Waals surface area contributed by atoms with Crippen LogP contribution in [0, 0.1) is 5.92 Å². The quantitative estimate of drug-likeness (QED) is 0.132. The molecule has 0 aromatic heterocycles. The van der Waals surface area contributed by atoms with E-state index in [9.17, 15) is 42.1 Å². The van der Waals surface area contributed by atoms with Crippen molar-refractivity contribution in [2.24, 2.45) is 5.92 Å². The van der Waals surface area contributed by atoms with Crippen molar-refractivity contribution < 1.29 is 46.8 Å². The van der Waals surface area contributed by atoms with Gasteiger partial charge in [0, 0.05) is 23.8 Å². The molecule has 0 spiro atoms. The van der Waals surface area contributed by atoms with E-state index in [1.165, 1.54) is 0 Å². The zero-order chi connectivity index (χ0) is 31.0. The first-order valence-electron chi connectivity index (χ1n) is 14.7. The number of ether oxygens (including phenoxy) is 1. The highest BCUT2D eigenvalue weighted by Crippen LogP contribution is 2.50. The lowest BCUT2D eigenvalue weighted by atomic mass is 9.66. The maximum absolute atomic E-state index is 13.0. The van der Waals surface area contributed by atoms with Gasteiger partial charge in [-0.3, -0.25) is 4.79 Å². The van der Waals surface area contributed by atoms with E-state index in [0.717, 1.165) is 49.7 Å². The molecule has 10 heteroatoms. The molecule has 3 N–H and O–H groups in total. The molecule has 42 heavy (non-hydrogen) atoms. The Bertz CT molecular complexity index is 1150. The summed E-state index contributed by atoms with van der Waals surface area (Å²) >= 11 is 0. The van der Waals surface area contributed by atoms with Crippen LogP contribution in [-0.2, 0) is 10.2 Å². The van der Waals surface area contributed by atoms with Gasteiger partial charge < -0.3 is 20.1 Å². The highest BCUT2D eigenvalue weighted by Gasteiger charge is 2.56. The van der Waals surface area contributed by atoms with Crippen molar-refractivity contribution in [1.29, 1.82) is 0 Å². The zero-order valence-corrected chi connectivity index (χ0v) is 23.9. The molecule has 2 aromatic rings. The monoisotopic (exact) mass is 600 g/mol. The summed E-state index contributed by atoms with van der Waals surface area (Å²) in [5.41, 5.74) is 1.77. The summed E-state index contributed by atoms with van der Waals surface area (Å²) in [6.07, 6.45) is -0.603. The maximum Gasteiger partial charge on any atom is 0.453 e. The molecule has 234 valence electrons. The Balaban J connectivity index is 1.42. The summed E-state index contributed by atoms with van der Waals surface area (Å²) in [4.78, 5) is 11.5. The second-order valence-electron chi connectivity index (χ2n) is 11.7. The van der Waals surface area contributed by atoms with Crippen LogP contribution in [0.15, 0.2) is 42.5 Å². The number of rotatable bonds is 16. The number of carbonyl (C=O) groups is 1. The predicted octanol–water partition coefficient (Wildman–Crippen LogP) is 9.11. The molecule has 0 aliphatic carbocycles. The Hall–Kier alpha value is -3.04. The topological polar surface area (TPSA) is 87.0 Å². The highest BCUT2D eigenvalue weighted by molar-refractivity contribution is 5.69. The fourth-order valence-corrected chi connectivity index (χ4v) is 5.93. The van der Waals surface area contributed by atoms with Gasteiger partial charge in [0.15, 0.2) is 0 Å². The fourth-order valence-electron chi connectivity index (χ4n) is 5.93. The van der Waals surface area contributed by atoms with E-state index in [-0.39, 0.29) is 42.1 Å². The van der Waals surface area contributed by atoms with E-state index in [4.69, 9.17) is 4.74 Å². The Morgan fingerprint density at radius 3 is 2.07 bits per heavy atom. The van der Waals surface area contributed by atoms with E-state index in [2.05, 4.69) is 6.92 Å². The van der Waals surface area contributed by atoms with E-state index < -0.39 is 30.4 Å². The predicted molar refractivity (Wildman–Crippen MR) is 149 cm³/mol.